The lowest BCUT2D eigenvalue weighted by atomic mass is 9.93. The molecule has 0 bridgehead atoms. The van der Waals surface area contributed by atoms with E-state index in [0.29, 0.717) is 5.92 Å². The van der Waals surface area contributed by atoms with Crippen LogP contribution in [0, 0.1) is 0 Å². The summed E-state index contributed by atoms with van der Waals surface area (Å²) >= 11 is 0. The summed E-state index contributed by atoms with van der Waals surface area (Å²) in [6.07, 6.45) is 3.27. The first-order valence-corrected chi connectivity index (χ1v) is 9.80. The molecule has 0 aliphatic carbocycles. The van der Waals surface area contributed by atoms with Crippen LogP contribution in [-0.4, -0.2) is 58.1 Å². The fraction of sp³-hybridized carbons (Fsp3) is 0.650. The zero-order valence-electron chi connectivity index (χ0n) is 16.1. The van der Waals surface area contributed by atoms with Crippen molar-refractivity contribution in [1.82, 2.24) is 10.6 Å². The summed E-state index contributed by atoms with van der Waals surface area (Å²) in [5, 5.41) is 6.73. The molecule has 6 nitrogen and oxygen atoms in total. The third-order valence-corrected chi connectivity index (χ3v) is 4.75. The van der Waals surface area contributed by atoms with E-state index in [1.54, 1.807) is 0 Å². The molecule has 2 N–H and O–H groups in total. The predicted molar refractivity (Wildman–Crippen MR) is 118 cm³/mol. The van der Waals surface area contributed by atoms with Gasteiger partial charge in [0, 0.05) is 38.8 Å². The van der Waals surface area contributed by atoms with Crippen LogP contribution in [0.15, 0.2) is 29.3 Å². The van der Waals surface area contributed by atoms with E-state index in [0.717, 1.165) is 77.0 Å². The molecule has 0 amide bonds. The van der Waals surface area contributed by atoms with E-state index >= 15 is 0 Å². The van der Waals surface area contributed by atoms with Gasteiger partial charge in [-0.2, -0.15) is 0 Å². The quantitative estimate of drug-likeness (QED) is 0.255. The van der Waals surface area contributed by atoms with E-state index in [9.17, 15) is 0 Å². The zero-order valence-corrected chi connectivity index (χ0v) is 18.4. The third kappa shape index (κ3) is 7.12. The number of rotatable bonds is 8. The van der Waals surface area contributed by atoms with Gasteiger partial charge in [0.25, 0.3) is 0 Å². The molecule has 1 saturated heterocycles. The Bertz CT molecular complexity index is 579. The topological polar surface area (TPSA) is 64.1 Å². The first-order valence-electron chi connectivity index (χ1n) is 9.80. The van der Waals surface area contributed by atoms with Crippen LogP contribution in [0.1, 0.15) is 37.7 Å². The van der Waals surface area contributed by atoms with Crippen molar-refractivity contribution < 1.29 is 14.2 Å². The fourth-order valence-corrected chi connectivity index (χ4v) is 3.32. The standard InChI is InChI=1S/C20H31N3O3.HI/c1-2-21-20(22-10-5-11-25-17-9-12-24-15-17)23-14-16-8-13-26-19-7-4-3-6-18(16)19;/h3-4,6-7,16-17H,2,5,8-15H2,1H3,(H2,21,22,23);1H. The highest BCUT2D eigenvalue weighted by molar-refractivity contribution is 14.0. The van der Waals surface area contributed by atoms with E-state index < -0.39 is 0 Å². The van der Waals surface area contributed by atoms with Gasteiger partial charge in [0.2, 0.25) is 0 Å². The normalized spacial score (nSPS) is 21.7. The Balaban J connectivity index is 0.00000261. The van der Waals surface area contributed by atoms with E-state index in [4.69, 9.17) is 19.2 Å². The summed E-state index contributed by atoms with van der Waals surface area (Å²) in [7, 11) is 0. The summed E-state index contributed by atoms with van der Waals surface area (Å²) < 4.78 is 16.9. The molecule has 1 aromatic carbocycles. The average molecular weight is 489 g/mol. The summed E-state index contributed by atoms with van der Waals surface area (Å²) in [5.41, 5.74) is 1.27. The van der Waals surface area contributed by atoms with E-state index in [-0.39, 0.29) is 30.1 Å². The van der Waals surface area contributed by atoms with Crippen LogP contribution in [0.2, 0.25) is 0 Å². The van der Waals surface area contributed by atoms with E-state index in [1.165, 1.54) is 5.56 Å². The minimum absolute atomic E-state index is 0. The van der Waals surface area contributed by atoms with Crippen LogP contribution < -0.4 is 15.4 Å². The van der Waals surface area contributed by atoms with Gasteiger partial charge < -0.3 is 24.8 Å². The molecular weight excluding hydrogens is 457 g/mol. The Kier molecular flexibility index (Phi) is 10.2. The highest BCUT2D eigenvalue weighted by atomic mass is 127. The largest absolute Gasteiger partial charge is 0.493 e. The number of guanidine groups is 1. The monoisotopic (exact) mass is 489 g/mol. The number of hydrogen-bond donors (Lipinski definition) is 2. The molecule has 2 aliphatic heterocycles. The van der Waals surface area contributed by atoms with Crippen LogP contribution in [0.25, 0.3) is 0 Å². The SMILES string of the molecule is CCNC(=NCC1CCOc2ccccc21)NCCCOC1CCOC1.I. The van der Waals surface area contributed by atoms with Gasteiger partial charge in [-0.15, -0.1) is 24.0 Å². The molecule has 0 spiro atoms. The summed E-state index contributed by atoms with van der Waals surface area (Å²) in [6, 6.07) is 8.29. The number of para-hydroxylation sites is 1. The molecular formula is C20H32IN3O3. The van der Waals surface area contributed by atoms with Gasteiger partial charge >= 0.3 is 0 Å². The van der Waals surface area contributed by atoms with Gasteiger partial charge in [0.05, 0.1) is 19.3 Å². The molecule has 2 aliphatic rings. The Labute approximate surface area is 179 Å². The molecule has 2 unspecified atom stereocenters. The summed E-state index contributed by atoms with van der Waals surface area (Å²) in [6.45, 7) is 7.66. The van der Waals surface area contributed by atoms with Crippen LogP contribution in [0.4, 0.5) is 0 Å². The van der Waals surface area contributed by atoms with Crippen molar-refractivity contribution in [1.29, 1.82) is 0 Å². The maximum absolute atomic E-state index is 5.80. The molecule has 0 radical (unpaired) electrons. The smallest absolute Gasteiger partial charge is 0.191 e. The highest BCUT2D eigenvalue weighted by Crippen LogP contribution is 2.33. The van der Waals surface area contributed by atoms with Crippen LogP contribution in [0.3, 0.4) is 0 Å². The van der Waals surface area contributed by atoms with Crippen molar-refractivity contribution in [3.63, 3.8) is 0 Å². The second kappa shape index (κ2) is 12.4. The van der Waals surface area contributed by atoms with Gasteiger partial charge in [0.1, 0.15) is 5.75 Å². The van der Waals surface area contributed by atoms with E-state index in [1.807, 2.05) is 12.1 Å². The van der Waals surface area contributed by atoms with Gasteiger partial charge in [-0.1, -0.05) is 18.2 Å². The van der Waals surface area contributed by atoms with Gasteiger partial charge in [-0.25, -0.2) is 0 Å². The molecule has 1 fully saturated rings. The molecule has 1 aromatic rings. The molecule has 152 valence electrons. The number of nitrogens with zero attached hydrogens (tertiary/aromatic N) is 1. The Morgan fingerprint density at radius 3 is 2.93 bits per heavy atom. The Hall–Kier alpha value is -1.06. The third-order valence-electron chi connectivity index (χ3n) is 4.75. The number of fused-ring (bicyclic) bond motifs is 1. The maximum atomic E-state index is 5.80. The molecule has 0 aromatic heterocycles. The fourth-order valence-electron chi connectivity index (χ4n) is 3.32. The first-order chi connectivity index (χ1) is 12.9. The molecule has 0 saturated carbocycles. The molecule has 27 heavy (non-hydrogen) atoms. The number of benzene rings is 1. The van der Waals surface area contributed by atoms with Crippen molar-refractivity contribution in [3.8, 4) is 5.75 Å². The number of hydrogen-bond acceptors (Lipinski definition) is 4. The molecule has 2 heterocycles. The highest BCUT2D eigenvalue weighted by Gasteiger charge is 2.20. The lowest BCUT2D eigenvalue weighted by Crippen LogP contribution is -2.38. The van der Waals surface area contributed by atoms with Crippen LogP contribution >= 0.6 is 24.0 Å². The van der Waals surface area contributed by atoms with Crippen LogP contribution in [0.5, 0.6) is 5.75 Å². The average Bonchev–Trinajstić information content (AvgIpc) is 3.19. The molecule has 7 heteroatoms. The summed E-state index contributed by atoms with van der Waals surface area (Å²) in [4.78, 5) is 4.79. The molecule has 2 atom stereocenters. The number of halogens is 1. The minimum atomic E-state index is 0. The Morgan fingerprint density at radius 2 is 2.11 bits per heavy atom. The molecule has 3 rings (SSSR count). The summed E-state index contributed by atoms with van der Waals surface area (Å²) in [5.74, 6) is 2.30. The maximum Gasteiger partial charge on any atom is 0.191 e. The second-order valence-electron chi connectivity index (χ2n) is 6.73. The zero-order chi connectivity index (χ0) is 18.0. The number of nitrogens with one attached hydrogen (secondary N) is 2. The minimum Gasteiger partial charge on any atom is -0.493 e. The van der Waals surface area contributed by atoms with Gasteiger partial charge in [-0.05, 0) is 37.8 Å². The predicted octanol–water partition coefficient (Wildman–Crippen LogP) is 2.92. The Morgan fingerprint density at radius 1 is 1.22 bits per heavy atom. The number of aliphatic imine (C=N–C) groups is 1. The van der Waals surface area contributed by atoms with Crippen molar-refractivity contribution in [2.24, 2.45) is 4.99 Å². The van der Waals surface area contributed by atoms with Crippen molar-refractivity contribution in [3.05, 3.63) is 29.8 Å². The number of ether oxygens (including phenoxy) is 3. The second-order valence-corrected chi connectivity index (χ2v) is 6.73. The van der Waals surface area contributed by atoms with E-state index in [2.05, 4.69) is 29.7 Å². The lowest BCUT2D eigenvalue weighted by molar-refractivity contribution is 0.0420. The lowest BCUT2D eigenvalue weighted by Gasteiger charge is -2.25. The first kappa shape index (κ1) is 22.2. The van der Waals surface area contributed by atoms with Crippen molar-refractivity contribution in [2.75, 3.05) is 46.1 Å². The van der Waals surface area contributed by atoms with Crippen molar-refractivity contribution in [2.45, 2.75) is 38.2 Å². The van der Waals surface area contributed by atoms with Crippen LogP contribution in [-0.2, 0) is 9.47 Å². The van der Waals surface area contributed by atoms with Gasteiger partial charge in [0.15, 0.2) is 5.96 Å². The van der Waals surface area contributed by atoms with Gasteiger partial charge in [-0.3, -0.25) is 4.99 Å². The van der Waals surface area contributed by atoms with Crippen molar-refractivity contribution >= 4 is 29.9 Å².